The van der Waals surface area contributed by atoms with Gasteiger partial charge in [-0.25, -0.2) is 0 Å². The van der Waals surface area contributed by atoms with Gasteiger partial charge in [0.15, 0.2) is 0 Å². The Morgan fingerprint density at radius 2 is 2.24 bits per heavy atom. The Bertz CT molecular complexity index is 591. The van der Waals surface area contributed by atoms with Crippen LogP contribution in [0.25, 0.3) is 10.1 Å². The van der Waals surface area contributed by atoms with Crippen molar-refractivity contribution in [2.75, 3.05) is 12.9 Å². The van der Waals surface area contributed by atoms with E-state index in [1.807, 2.05) is 6.07 Å². The molecule has 1 heterocycles. The summed E-state index contributed by atoms with van der Waals surface area (Å²) in [6, 6.07) is 10.5. The maximum Gasteiger partial charge on any atom is 0.305 e. The van der Waals surface area contributed by atoms with Crippen molar-refractivity contribution < 1.29 is 9.53 Å². The molecule has 1 aromatic heterocycles. The molecular weight excluding hydrogens is 322 g/mol. The van der Waals surface area contributed by atoms with E-state index in [0.717, 1.165) is 23.0 Å². The van der Waals surface area contributed by atoms with Crippen molar-refractivity contribution in [3.63, 3.8) is 0 Å². The molecular formula is C15H17NO2S3. The SMILES string of the molecule is COC(=O)CCCSC(=S)NCc1cc2ccccc2s1. The van der Waals surface area contributed by atoms with Gasteiger partial charge >= 0.3 is 5.97 Å². The maximum absolute atomic E-state index is 11.0. The lowest BCUT2D eigenvalue weighted by Crippen LogP contribution is -2.17. The Balaban J connectivity index is 1.70. The molecule has 0 aliphatic carbocycles. The van der Waals surface area contributed by atoms with E-state index in [1.165, 1.54) is 22.1 Å². The molecule has 2 aromatic rings. The third-order valence-corrected chi connectivity index (χ3v) is 5.38. The molecule has 0 atom stereocenters. The van der Waals surface area contributed by atoms with E-state index in [-0.39, 0.29) is 5.97 Å². The molecule has 0 saturated carbocycles. The number of rotatable bonds is 6. The van der Waals surface area contributed by atoms with Crippen LogP contribution in [0.15, 0.2) is 30.3 Å². The first kappa shape index (κ1) is 16.3. The lowest BCUT2D eigenvalue weighted by atomic mass is 10.2. The van der Waals surface area contributed by atoms with Crippen LogP contribution in [0.3, 0.4) is 0 Å². The number of thiocarbonyl (C=S) groups is 1. The van der Waals surface area contributed by atoms with E-state index in [4.69, 9.17) is 12.2 Å². The zero-order chi connectivity index (χ0) is 15.1. The highest BCUT2D eigenvalue weighted by atomic mass is 32.2. The highest BCUT2D eigenvalue weighted by Gasteiger charge is 2.04. The predicted octanol–water partition coefficient (Wildman–Crippen LogP) is 3.96. The fraction of sp³-hybridized carbons (Fsp3) is 0.333. The fourth-order valence-corrected chi connectivity index (χ4v) is 3.79. The normalized spacial score (nSPS) is 10.5. The van der Waals surface area contributed by atoms with Crippen molar-refractivity contribution in [2.24, 2.45) is 0 Å². The molecule has 1 N–H and O–H groups in total. The fourth-order valence-electron chi connectivity index (χ4n) is 1.82. The first-order chi connectivity index (χ1) is 10.2. The summed E-state index contributed by atoms with van der Waals surface area (Å²) < 4.78 is 6.67. The lowest BCUT2D eigenvalue weighted by Gasteiger charge is -2.05. The van der Waals surface area contributed by atoms with Crippen LogP contribution in [0.4, 0.5) is 0 Å². The smallest absolute Gasteiger partial charge is 0.305 e. The summed E-state index contributed by atoms with van der Waals surface area (Å²) in [5.41, 5.74) is 0. The van der Waals surface area contributed by atoms with Gasteiger partial charge in [-0.1, -0.05) is 42.2 Å². The molecule has 21 heavy (non-hydrogen) atoms. The highest BCUT2D eigenvalue weighted by molar-refractivity contribution is 8.22. The number of hydrogen-bond acceptors (Lipinski definition) is 5. The number of esters is 1. The van der Waals surface area contributed by atoms with Crippen LogP contribution in [-0.4, -0.2) is 23.2 Å². The Hall–Kier alpha value is -1.11. The second kappa shape index (κ2) is 8.36. The minimum Gasteiger partial charge on any atom is -0.469 e. The van der Waals surface area contributed by atoms with E-state index in [0.29, 0.717) is 6.42 Å². The Labute approximate surface area is 138 Å². The number of methoxy groups -OCH3 is 1. The molecule has 0 spiro atoms. The third kappa shape index (κ3) is 5.30. The predicted molar refractivity (Wildman–Crippen MR) is 95.0 cm³/mol. The average Bonchev–Trinajstić information content (AvgIpc) is 2.92. The molecule has 0 unspecified atom stereocenters. The first-order valence-electron chi connectivity index (χ1n) is 6.64. The lowest BCUT2D eigenvalue weighted by molar-refractivity contribution is -0.140. The zero-order valence-electron chi connectivity index (χ0n) is 11.8. The van der Waals surface area contributed by atoms with Gasteiger partial charge in [0.25, 0.3) is 0 Å². The van der Waals surface area contributed by atoms with Gasteiger partial charge in [-0.3, -0.25) is 4.79 Å². The molecule has 6 heteroatoms. The van der Waals surface area contributed by atoms with Crippen molar-refractivity contribution >= 4 is 55.7 Å². The molecule has 3 nitrogen and oxygen atoms in total. The summed E-state index contributed by atoms with van der Waals surface area (Å²) in [4.78, 5) is 12.2. The number of fused-ring (bicyclic) bond motifs is 1. The molecule has 1 aromatic carbocycles. The van der Waals surface area contributed by atoms with E-state index in [9.17, 15) is 4.79 Å². The Morgan fingerprint density at radius 1 is 1.43 bits per heavy atom. The van der Waals surface area contributed by atoms with E-state index >= 15 is 0 Å². The van der Waals surface area contributed by atoms with Crippen LogP contribution in [-0.2, 0) is 16.1 Å². The standard InChI is InChI=1S/C15H17NO2S3/c1-18-14(17)7-4-8-20-15(19)16-10-12-9-11-5-2-3-6-13(11)21-12/h2-3,5-6,9H,4,7-8,10H2,1H3,(H,16,19). The molecule has 0 amide bonds. The quantitative estimate of drug-likeness (QED) is 0.490. The van der Waals surface area contributed by atoms with Crippen LogP contribution in [0.1, 0.15) is 17.7 Å². The summed E-state index contributed by atoms with van der Waals surface area (Å²) in [7, 11) is 1.41. The van der Waals surface area contributed by atoms with Crippen molar-refractivity contribution in [2.45, 2.75) is 19.4 Å². The minimum absolute atomic E-state index is 0.167. The van der Waals surface area contributed by atoms with Crippen LogP contribution in [0, 0.1) is 0 Å². The van der Waals surface area contributed by atoms with Gasteiger partial charge in [0.2, 0.25) is 0 Å². The van der Waals surface area contributed by atoms with Crippen LogP contribution < -0.4 is 5.32 Å². The summed E-state index contributed by atoms with van der Waals surface area (Å²) in [6.07, 6.45) is 1.23. The third-order valence-electron chi connectivity index (χ3n) is 2.87. The van der Waals surface area contributed by atoms with Crippen molar-refractivity contribution in [3.8, 4) is 0 Å². The Morgan fingerprint density at radius 3 is 3.00 bits per heavy atom. The molecule has 112 valence electrons. The second-order valence-electron chi connectivity index (χ2n) is 4.42. The van der Waals surface area contributed by atoms with Crippen molar-refractivity contribution in [3.05, 3.63) is 35.2 Å². The number of nitrogens with one attached hydrogen (secondary N) is 1. The largest absolute Gasteiger partial charge is 0.469 e. The summed E-state index contributed by atoms with van der Waals surface area (Å²) in [5.74, 6) is 0.660. The average molecular weight is 340 g/mol. The van der Waals surface area contributed by atoms with Gasteiger partial charge in [0, 0.05) is 21.8 Å². The molecule has 0 bridgehead atoms. The van der Waals surface area contributed by atoms with Crippen molar-refractivity contribution in [1.29, 1.82) is 0 Å². The van der Waals surface area contributed by atoms with E-state index < -0.39 is 0 Å². The number of carbonyl (C=O) groups is 1. The van der Waals surface area contributed by atoms with Gasteiger partial charge in [0.1, 0.15) is 4.32 Å². The van der Waals surface area contributed by atoms with Gasteiger partial charge in [0.05, 0.1) is 13.7 Å². The zero-order valence-corrected chi connectivity index (χ0v) is 14.2. The molecule has 2 rings (SSSR count). The number of thiophene rings is 1. The minimum atomic E-state index is -0.167. The topological polar surface area (TPSA) is 38.3 Å². The molecule has 0 saturated heterocycles. The van der Waals surface area contributed by atoms with Crippen molar-refractivity contribution in [1.82, 2.24) is 5.32 Å². The van der Waals surface area contributed by atoms with Crippen LogP contribution in [0.2, 0.25) is 0 Å². The van der Waals surface area contributed by atoms with Gasteiger partial charge in [-0.2, -0.15) is 0 Å². The van der Waals surface area contributed by atoms with Gasteiger partial charge in [-0.05, 0) is 23.9 Å². The van der Waals surface area contributed by atoms with E-state index in [1.54, 1.807) is 23.1 Å². The second-order valence-corrected chi connectivity index (χ2v) is 7.36. The van der Waals surface area contributed by atoms with Gasteiger partial charge in [-0.15, -0.1) is 11.3 Å². The number of hydrogen-bond donors (Lipinski definition) is 1. The summed E-state index contributed by atoms with van der Waals surface area (Å²) in [6.45, 7) is 0.752. The highest BCUT2D eigenvalue weighted by Crippen LogP contribution is 2.25. The first-order valence-corrected chi connectivity index (χ1v) is 8.85. The molecule has 0 fully saturated rings. The van der Waals surface area contributed by atoms with Crippen LogP contribution >= 0.6 is 35.3 Å². The maximum atomic E-state index is 11.0. The number of benzene rings is 1. The summed E-state index contributed by atoms with van der Waals surface area (Å²) >= 11 is 8.64. The number of carbonyl (C=O) groups excluding carboxylic acids is 1. The van der Waals surface area contributed by atoms with Crippen LogP contribution in [0.5, 0.6) is 0 Å². The number of thioether (sulfide) groups is 1. The molecule has 0 aliphatic heterocycles. The summed E-state index contributed by atoms with van der Waals surface area (Å²) in [5, 5.41) is 4.52. The van der Waals surface area contributed by atoms with Gasteiger partial charge < -0.3 is 10.1 Å². The van der Waals surface area contributed by atoms with E-state index in [2.05, 4.69) is 34.3 Å². The molecule has 0 aliphatic rings. The monoisotopic (exact) mass is 339 g/mol. The number of ether oxygens (including phenoxy) is 1. The molecule has 0 radical (unpaired) electrons. The Kier molecular flexibility index (Phi) is 6.48.